The van der Waals surface area contributed by atoms with Crippen molar-refractivity contribution in [2.24, 2.45) is 0 Å². The number of aromatic nitrogens is 2. The van der Waals surface area contributed by atoms with Gasteiger partial charge in [0.15, 0.2) is 11.6 Å². The van der Waals surface area contributed by atoms with E-state index in [1.807, 2.05) is 6.92 Å². The van der Waals surface area contributed by atoms with E-state index in [0.29, 0.717) is 23.9 Å². The zero-order chi connectivity index (χ0) is 11.3. The number of nitrogens with two attached hydrogens (primary N) is 1. The van der Waals surface area contributed by atoms with Gasteiger partial charge in [-0.2, -0.15) is 0 Å². The highest BCUT2D eigenvalue weighted by Crippen LogP contribution is 2.25. The first-order valence-electron chi connectivity index (χ1n) is 4.60. The number of nitrogens with zero attached hydrogens (tertiary/aromatic N) is 2. The smallest absolute Gasteiger partial charge is 0.203 e. The molecular formula is C9H16N4O2. The van der Waals surface area contributed by atoms with Gasteiger partial charge in [0.25, 0.3) is 0 Å². The molecule has 0 aromatic carbocycles. The number of ether oxygens (including phenoxy) is 2. The monoisotopic (exact) mass is 212 g/mol. The maximum atomic E-state index is 5.62. The fourth-order valence-electron chi connectivity index (χ4n) is 1.04. The van der Waals surface area contributed by atoms with Crippen LogP contribution < -0.4 is 15.8 Å². The first-order chi connectivity index (χ1) is 7.19. The van der Waals surface area contributed by atoms with Crippen molar-refractivity contribution >= 4 is 11.6 Å². The largest absolute Gasteiger partial charge is 0.490 e. The van der Waals surface area contributed by atoms with Crippen molar-refractivity contribution in [1.82, 2.24) is 9.97 Å². The second-order valence-corrected chi connectivity index (χ2v) is 3.07. The number of nitrogen functional groups attached to an aromatic ring is 1. The highest BCUT2D eigenvalue weighted by molar-refractivity contribution is 5.61. The number of anilines is 2. The molecule has 0 radical (unpaired) electrons. The van der Waals surface area contributed by atoms with Crippen molar-refractivity contribution in [1.29, 1.82) is 0 Å². The normalized spacial score (nSPS) is 12.2. The van der Waals surface area contributed by atoms with Gasteiger partial charge in [-0.05, 0) is 6.92 Å². The Morgan fingerprint density at radius 1 is 1.47 bits per heavy atom. The molecule has 1 aromatic heterocycles. The molecule has 6 nitrogen and oxygen atoms in total. The van der Waals surface area contributed by atoms with Crippen LogP contribution in [-0.4, -0.2) is 36.8 Å². The highest BCUT2D eigenvalue weighted by Gasteiger charge is 2.09. The molecule has 0 bridgehead atoms. The van der Waals surface area contributed by atoms with Crippen molar-refractivity contribution in [3.8, 4) is 5.75 Å². The molecule has 84 valence electrons. The molecule has 6 heteroatoms. The Morgan fingerprint density at radius 2 is 2.20 bits per heavy atom. The van der Waals surface area contributed by atoms with Gasteiger partial charge in [-0.25, -0.2) is 9.97 Å². The Bertz CT molecular complexity index is 319. The SMILES string of the molecule is COc1c(N)ncnc1NCC(C)OC. The standard InChI is InChI=1S/C9H16N4O2/c1-6(14-2)4-11-9-7(15-3)8(10)12-5-13-9/h5-6H,4H2,1-3H3,(H3,10,11,12,13). The molecule has 1 unspecified atom stereocenters. The third kappa shape index (κ3) is 2.95. The quantitative estimate of drug-likeness (QED) is 0.740. The zero-order valence-corrected chi connectivity index (χ0v) is 9.15. The van der Waals surface area contributed by atoms with Crippen LogP contribution in [0.4, 0.5) is 11.6 Å². The minimum absolute atomic E-state index is 0.0888. The minimum Gasteiger partial charge on any atom is -0.490 e. The number of nitrogens with one attached hydrogen (secondary N) is 1. The molecule has 0 amide bonds. The summed E-state index contributed by atoms with van der Waals surface area (Å²) in [7, 11) is 3.18. The van der Waals surface area contributed by atoms with Crippen LogP contribution in [0.1, 0.15) is 6.92 Å². The summed E-state index contributed by atoms with van der Waals surface area (Å²) in [6, 6.07) is 0. The van der Waals surface area contributed by atoms with E-state index in [1.54, 1.807) is 7.11 Å². The van der Waals surface area contributed by atoms with E-state index < -0.39 is 0 Å². The zero-order valence-electron chi connectivity index (χ0n) is 9.15. The van der Waals surface area contributed by atoms with Gasteiger partial charge in [0.1, 0.15) is 6.33 Å². The summed E-state index contributed by atoms with van der Waals surface area (Å²) in [5, 5.41) is 3.07. The van der Waals surface area contributed by atoms with E-state index in [4.69, 9.17) is 15.2 Å². The first kappa shape index (κ1) is 11.5. The van der Waals surface area contributed by atoms with Gasteiger partial charge in [0, 0.05) is 13.7 Å². The summed E-state index contributed by atoms with van der Waals surface area (Å²) in [5.41, 5.74) is 5.62. The van der Waals surface area contributed by atoms with E-state index in [0.717, 1.165) is 0 Å². The lowest BCUT2D eigenvalue weighted by Gasteiger charge is -2.13. The maximum absolute atomic E-state index is 5.62. The first-order valence-corrected chi connectivity index (χ1v) is 4.60. The number of hydrogen-bond acceptors (Lipinski definition) is 6. The lowest BCUT2D eigenvalue weighted by atomic mass is 10.4. The fourth-order valence-corrected chi connectivity index (χ4v) is 1.04. The van der Waals surface area contributed by atoms with Gasteiger partial charge in [-0.1, -0.05) is 0 Å². The van der Waals surface area contributed by atoms with E-state index in [-0.39, 0.29) is 6.10 Å². The third-order valence-corrected chi connectivity index (χ3v) is 1.99. The van der Waals surface area contributed by atoms with Crippen LogP contribution in [0.25, 0.3) is 0 Å². The van der Waals surface area contributed by atoms with Crippen LogP contribution in [-0.2, 0) is 4.74 Å². The lowest BCUT2D eigenvalue weighted by molar-refractivity contribution is 0.128. The molecule has 0 aliphatic heterocycles. The molecule has 0 saturated heterocycles. The second-order valence-electron chi connectivity index (χ2n) is 3.07. The maximum Gasteiger partial charge on any atom is 0.203 e. The predicted octanol–water partition coefficient (Wildman–Crippen LogP) is 0.514. The average Bonchev–Trinajstić information content (AvgIpc) is 2.25. The van der Waals surface area contributed by atoms with Crippen molar-refractivity contribution in [2.45, 2.75) is 13.0 Å². The summed E-state index contributed by atoms with van der Waals surface area (Å²) in [6.45, 7) is 2.58. The van der Waals surface area contributed by atoms with Gasteiger partial charge in [-0.3, -0.25) is 0 Å². The van der Waals surface area contributed by atoms with E-state index in [1.165, 1.54) is 13.4 Å². The fraction of sp³-hybridized carbons (Fsp3) is 0.556. The number of hydrogen-bond donors (Lipinski definition) is 2. The Kier molecular flexibility index (Phi) is 4.11. The minimum atomic E-state index is 0.0888. The van der Waals surface area contributed by atoms with Gasteiger partial charge in [-0.15, -0.1) is 0 Å². The highest BCUT2D eigenvalue weighted by atomic mass is 16.5. The lowest BCUT2D eigenvalue weighted by Crippen LogP contribution is -2.19. The molecule has 0 spiro atoms. The molecule has 1 rings (SSSR count). The molecular weight excluding hydrogens is 196 g/mol. The molecule has 0 fully saturated rings. The molecule has 1 atom stereocenters. The number of methoxy groups -OCH3 is 2. The molecule has 0 aliphatic rings. The summed E-state index contributed by atoms with van der Waals surface area (Å²) in [6.07, 6.45) is 1.48. The summed E-state index contributed by atoms with van der Waals surface area (Å²) in [4.78, 5) is 7.86. The second kappa shape index (κ2) is 5.35. The van der Waals surface area contributed by atoms with E-state index >= 15 is 0 Å². The number of rotatable bonds is 5. The van der Waals surface area contributed by atoms with Crippen molar-refractivity contribution < 1.29 is 9.47 Å². The Labute approximate surface area is 88.8 Å². The van der Waals surface area contributed by atoms with Crippen LogP contribution in [0.3, 0.4) is 0 Å². The van der Waals surface area contributed by atoms with Crippen LogP contribution in [0.2, 0.25) is 0 Å². The van der Waals surface area contributed by atoms with Gasteiger partial charge < -0.3 is 20.5 Å². The van der Waals surface area contributed by atoms with Gasteiger partial charge in [0.2, 0.25) is 5.75 Å². The average molecular weight is 212 g/mol. The van der Waals surface area contributed by atoms with Crippen molar-refractivity contribution in [3.05, 3.63) is 6.33 Å². The van der Waals surface area contributed by atoms with E-state index in [9.17, 15) is 0 Å². The van der Waals surface area contributed by atoms with Crippen molar-refractivity contribution in [2.75, 3.05) is 31.8 Å². The van der Waals surface area contributed by atoms with Crippen molar-refractivity contribution in [3.63, 3.8) is 0 Å². The van der Waals surface area contributed by atoms with Crippen LogP contribution in [0.15, 0.2) is 6.33 Å². The Hall–Kier alpha value is -1.56. The van der Waals surface area contributed by atoms with Crippen LogP contribution in [0, 0.1) is 0 Å². The van der Waals surface area contributed by atoms with Gasteiger partial charge >= 0.3 is 0 Å². The molecule has 3 N–H and O–H groups in total. The molecule has 15 heavy (non-hydrogen) atoms. The van der Waals surface area contributed by atoms with Gasteiger partial charge in [0.05, 0.1) is 13.2 Å². The molecule has 1 aromatic rings. The molecule has 0 saturated carbocycles. The molecule has 0 aliphatic carbocycles. The molecule has 1 heterocycles. The van der Waals surface area contributed by atoms with Crippen LogP contribution >= 0.6 is 0 Å². The van der Waals surface area contributed by atoms with Crippen LogP contribution in [0.5, 0.6) is 5.75 Å². The summed E-state index contributed by atoms with van der Waals surface area (Å²) in [5.74, 6) is 1.36. The summed E-state index contributed by atoms with van der Waals surface area (Å²) < 4.78 is 10.2. The topological polar surface area (TPSA) is 82.3 Å². The Balaban J connectivity index is 2.72. The van der Waals surface area contributed by atoms with E-state index in [2.05, 4.69) is 15.3 Å². The third-order valence-electron chi connectivity index (χ3n) is 1.99. The predicted molar refractivity (Wildman–Crippen MR) is 58.0 cm³/mol. The Morgan fingerprint density at radius 3 is 2.80 bits per heavy atom. The summed E-state index contributed by atoms with van der Waals surface area (Å²) >= 11 is 0.